The number of carbonyl (C=O) groups excluding carboxylic acids is 1. The Balaban J connectivity index is 0.00000180. The summed E-state index contributed by atoms with van der Waals surface area (Å²) in [6.45, 7) is 7.63. The Morgan fingerprint density at radius 1 is 1.47 bits per heavy atom. The molecule has 1 aromatic heterocycles. The number of likely N-dealkylation sites (tertiary alicyclic amines) is 1. The summed E-state index contributed by atoms with van der Waals surface area (Å²) in [6.07, 6.45) is 5.46. The van der Waals surface area contributed by atoms with E-state index in [1.54, 1.807) is 6.20 Å². The Bertz CT molecular complexity index is 438. The van der Waals surface area contributed by atoms with Gasteiger partial charge in [0.2, 0.25) is 0 Å². The van der Waals surface area contributed by atoms with Gasteiger partial charge in [-0.3, -0.25) is 9.48 Å². The first-order valence-electron chi connectivity index (χ1n) is 6.48. The molecule has 1 aliphatic rings. The molecule has 0 spiro atoms. The Morgan fingerprint density at radius 2 is 2.16 bits per heavy atom. The van der Waals surface area contributed by atoms with Crippen molar-refractivity contribution in [2.45, 2.75) is 45.2 Å². The molecule has 6 heteroatoms. The topological polar surface area (TPSA) is 64.2 Å². The zero-order valence-electron chi connectivity index (χ0n) is 11.8. The summed E-state index contributed by atoms with van der Waals surface area (Å²) in [5.41, 5.74) is 6.45. The van der Waals surface area contributed by atoms with Crippen LogP contribution >= 0.6 is 12.4 Å². The van der Waals surface area contributed by atoms with Crippen molar-refractivity contribution in [1.82, 2.24) is 14.7 Å². The fourth-order valence-corrected chi connectivity index (χ4v) is 2.18. The highest BCUT2D eigenvalue weighted by molar-refractivity contribution is 5.93. The van der Waals surface area contributed by atoms with Crippen LogP contribution in [0.4, 0.5) is 0 Å². The quantitative estimate of drug-likeness (QED) is 0.853. The molecule has 5 nitrogen and oxygen atoms in total. The highest BCUT2D eigenvalue weighted by Crippen LogP contribution is 2.16. The highest BCUT2D eigenvalue weighted by atomic mass is 35.5. The summed E-state index contributed by atoms with van der Waals surface area (Å²) >= 11 is 0. The molecule has 108 valence electrons. The number of piperidine rings is 1. The Labute approximate surface area is 120 Å². The van der Waals surface area contributed by atoms with Gasteiger partial charge in [0, 0.05) is 25.3 Å². The van der Waals surface area contributed by atoms with Gasteiger partial charge >= 0.3 is 0 Å². The number of amides is 1. The predicted molar refractivity (Wildman–Crippen MR) is 77.6 cm³/mol. The molecule has 0 bridgehead atoms. The minimum atomic E-state index is -0.100. The number of rotatable bonds is 1. The van der Waals surface area contributed by atoms with Gasteiger partial charge in [-0.25, -0.2) is 0 Å². The molecular formula is C13H23ClN4O. The van der Waals surface area contributed by atoms with E-state index in [1.165, 1.54) is 0 Å². The van der Waals surface area contributed by atoms with Crippen molar-refractivity contribution < 1.29 is 4.79 Å². The molecule has 1 atom stereocenters. The van der Waals surface area contributed by atoms with Gasteiger partial charge in [-0.15, -0.1) is 12.4 Å². The van der Waals surface area contributed by atoms with E-state index in [0.29, 0.717) is 12.1 Å². The minimum Gasteiger partial charge on any atom is -0.337 e. The van der Waals surface area contributed by atoms with Gasteiger partial charge in [-0.2, -0.15) is 5.10 Å². The zero-order valence-corrected chi connectivity index (χ0v) is 12.6. The third-order valence-electron chi connectivity index (χ3n) is 3.26. The third kappa shape index (κ3) is 3.70. The molecule has 1 aliphatic heterocycles. The molecule has 1 aromatic rings. The molecule has 1 fully saturated rings. The molecule has 0 aromatic carbocycles. The molecule has 2 rings (SSSR count). The predicted octanol–water partition coefficient (Wildman–Crippen LogP) is 1.62. The summed E-state index contributed by atoms with van der Waals surface area (Å²) in [5, 5.41) is 4.26. The van der Waals surface area contributed by atoms with Crippen molar-refractivity contribution in [3.63, 3.8) is 0 Å². The van der Waals surface area contributed by atoms with E-state index in [-0.39, 0.29) is 29.9 Å². The lowest BCUT2D eigenvalue weighted by Gasteiger charge is -2.30. The molecule has 1 unspecified atom stereocenters. The lowest BCUT2D eigenvalue weighted by molar-refractivity contribution is 0.0708. The summed E-state index contributed by atoms with van der Waals surface area (Å²) < 4.78 is 1.82. The lowest BCUT2D eigenvalue weighted by Crippen LogP contribution is -2.45. The first-order valence-corrected chi connectivity index (χ1v) is 6.48. The van der Waals surface area contributed by atoms with E-state index in [1.807, 2.05) is 15.8 Å². The Hall–Kier alpha value is -1.07. The second-order valence-corrected chi connectivity index (χ2v) is 6.00. The van der Waals surface area contributed by atoms with Gasteiger partial charge in [-0.05, 0) is 33.6 Å². The summed E-state index contributed by atoms with van der Waals surface area (Å²) in [7, 11) is 0. The first kappa shape index (κ1) is 16.0. The van der Waals surface area contributed by atoms with Crippen LogP contribution in [0.25, 0.3) is 0 Å². The van der Waals surface area contributed by atoms with Gasteiger partial charge in [0.25, 0.3) is 5.91 Å². The smallest absolute Gasteiger partial charge is 0.257 e. The van der Waals surface area contributed by atoms with Crippen molar-refractivity contribution in [3.8, 4) is 0 Å². The SMILES string of the molecule is CC(C)(C)n1cc(C(=O)N2CCCC(N)C2)cn1.Cl. The van der Waals surface area contributed by atoms with Crippen LogP contribution in [-0.2, 0) is 5.54 Å². The number of hydrogen-bond acceptors (Lipinski definition) is 3. The van der Waals surface area contributed by atoms with Crippen LogP contribution in [0.15, 0.2) is 12.4 Å². The molecule has 2 heterocycles. The maximum atomic E-state index is 12.3. The fraction of sp³-hybridized carbons (Fsp3) is 0.692. The molecule has 0 aliphatic carbocycles. The van der Waals surface area contributed by atoms with Crippen molar-refractivity contribution in [1.29, 1.82) is 0 Å². The second-order valence-electron chi connectivity index (χ2n) is 6.00. The molecule has 0 radical (unpaired) electrons. The largest absolute Gasteiger partial charge is 0.337 e. The first-order chi connectivity index (χ1) is 8.38. The van der Waals surface area contributed by atoms with Gasteiger partial charge in [0.15, 0.2) is 0 Å². The van der Waals surface area contributed by atoms with Crippen LogP contribution in [0.5, 0.6) is 0 Å². The standard InChI is InChI=1S/C13H22N4O.ClH/c1-13(2,3)17-8-10(7-15-17)12(18)16-6-4-5-11(14)9-16;/h7-8,11H,4-6,9,14H2,1-3H3;1H. The third-order valence-corrected chi connectivity index (χ3v) is 3.26. The number of halogens is 1. The van der Waals surface area contributed by atoms with Crippen molar-refractivity contribution in [3.05, 3.63) is 18.0 Å². The number of aromatic nitrogens is 2. The molecule has 0 saturated carbocycles. The minimum absolute atomic E-state index is 0. The normalized spacial score (nSPS) is 20.0. The molecule has 19 heavy (non-hydrogen) atoms. The van der Waals surface area contributed by atoms with E-state index in [2.05, 4.69) is 25.9 Å². The van der Waals surface area contributed by atoms with Crippen molar-refractivity contribution >= 4 is 18.3 Å². The Morgan fingerprint density at radius 3 is 2.68 bits per heavy atom. The average Bonchev–Trinajstić information content (AvgIpc) is 2.77. The van der Waals surface area contributed by atoms with E-state index in [0.717, 1.165) is 19.4 Å². The number of carbonyl (C=O) groups is 1. The zero-order chi connectivity index (χ0) is 13.3. The van der Waals surface area contributed by atoms with Gasteiger partial charge in [0.05, 0.1) is 17.3 Å². The van der Waals surface area contributed by atoms with E-state index < -0.39 is 0 Å². The van der Waals surface area contributed by atoms with Crippen molar-refractivity contribution in [2.24, 2.45) is 5.73 Å². The maximum absolute atomic E-state index is 12.3. The summed E-state index contributed by atoms with van der Waals surface area (Å²) in [5.74, 6) is 0.0423. The van der Waals surface area contributed by atoms with Crippen LogP contribution in [-0.4, -0.2) is 39.7 Å². The van der Waals surface area contributed by atoms with E-state index in [4.69, 9.17) is 5.73 Å². The van der Waals surface area contributed by atoms with Crippen LogP contribution < -0.4 is 5.73 Å². The molecule has 1 amide bonds. The lowest BCUT2D eigenvalue weighted by atomic mass is 10.1. The number of hydrogen-bond donors (Lipinski definition) is 1. The average molecular weight is 287 g/mol. The van der Waals surface area contributed by atoms with E-state index in [9.17, 15) is 4.79 Å². The monoisotopic (exact) mass is 286 g/mol. The Kier molecular flexibility index (Phi) is 4.98. The van der Waals surface area contributed by atoms with Crippen LogP contribution in [0.3, 0.4) is 0 Å². The van der Waals surface area contributed by atoms with Gasteiger partial charge in [-0.1, -0.05) is 0 Å². The van der Waals surface area contributed by atoms with Crippen molar-refractivity contribution in [2.75, 3.05) is 13.1 Å². The fourth-order valence-electron chi connectivity index (χ4n) is 2.18. The molecule has 2 N–H and O–H groups in total. The highest BCUT2D eigenvalue weighted by Gasteiger charge is 2.24. The van der Waals surface area contributed by atoms with Crippen LogP contribution in [0.1, 0.15) is 44.0 Å². The number of nitrogens with two attached hydrogens (primary N) is 1. The number of nitrogens with zero attached hydrogens (tertiary/aromatic N) is 3. The summed E-state index contributed by atoms with van der Waals surface area (Å²) in [6, 6.07) is 0.111. The van der Waals surface area contributed by atoms with E-state index >= 15 is 0 Å². The maximum Gasteiger partial charge on any atom is 0.257 e. The second kappa shape index (κ2) is 5.92. The van der Waals surface area contributed by atoms with Crippen LogP contribution in [0, 0.1) is 0 Å². The van der Waals surface area contributed by atoms with Crippen LogP contribution in [0.2, 0.25) is 0 Å². The van der Waals surface area contributed by atoms with Gasteiger partial charge < -0.3 is 10.6 Å². The van der Waals surface area contributed by atoms with Gasteiger partial charge in [0.1, 0.15) is 0 Å². The molecular weight excluding hydrogens is 264 g/mol. The molecule has 1 saturated heterocycles. The summed E-state index contributed by atoms with van der Waals surface area (Å²) in [4.78, 5) is 14.1.